The van der Waals surface area contributed by atoms with E-state index < -0.39 is 11.6 Å². The highest BCUT2D eigenvalue weighted by molar-refractivity contribution is 6.31. The van der Waals surface area contributed by atoms with Crippen LogP contribution in [0.5, 0.6) is 0 Å². The van der Waals surface area contributed by atoms with Gasteiger partial charge in [-0.3, -0.25) is 0 Å². The third-order valence-corrected chi connectivity index (χ3v) is 2.06. The van der Waals surface area contributed by atoms with E-state index in [-0.39, 0.29) is 5.02 Å². The molecule has 0 spiro atoms. The quantitative estimate of drug-likeness (QED) is 0.657. The van der Waals surface area contributed by atoms with E-state index >= 15 is 0 Å². The predicted molar refractivity (Wildman–Crippen MR) is 49.1 cm³/mol. The molecule has 2 rings (SSSR count). The van der Waals surface area contributed by atoms with Gasteiger partial charge < -0.3 is 4.42 Å². The molecule has 1 aromatic heterocycles. The molecule has 0 bridgehead atoms. The van der Waals surface area contributed by atoms with Crippen molar-refractivity contribution in [1.82, 2.24) is 0 Å². The maximum absolute atomic E-state index is 12.9. The summed E-state index contributed by atoms with van der Waals surface area (Å²) >= 11 is 5.48. The van der Waals surface area contributed by atoms with Crippen molar-refractivity contribution in [3.8, 4) is 11.3 Å². The van der Waals surface area contributed by atoms with Crippen LogP contribution in [-0.2, 0) is 0 Å². The SMILES string of the molecule is Fc1cc(-c2ccco2)cc(Cl)c1F. The molecular formula is C10H5ClF2O. The van der Waals surface area contributed by atoms with Crippen LogP contribution < -0.4 is 0 Å². The monoisotopic (exact) mass is 214 g/mol. The van der Waals surface area contributed by atoms with Crippen LogP contribution in [0.25, 0.3) is 11.3 Å². The van der Waals surface area contributed by atoms with Crippen LogP contribution in [-0.4, -0.2) is 0 Å². The van der Waals surface area contributed by atoms with E-state index in [1.807, 2.05) is 0 Å². The lowest BCUT2D eigenvalue weighted by Crippen LogP contribution is -1.86. The van der Waals surface area contributed by atoms with E-state index in [1.165, 1.54) is 12.3 Å². The number of halogens is 3. The summed E-state index contributed by atoms with van der Waals surface area (Å²) < 4.78 is 30.8. The van der Waals surface area contributed by atoms with Gasteiger partial charge in [-0.2, -0.15) is 0 Å². The summed E-state index contributed by atoms with van der Waals surface area (Å²) in [5.74, 6) is -1.57. The molecule has 1 heterocycles. The van der Waals surface area contributed by atoms with Crippen molar-refractivity contribution >= 4 is 11.6 Å². The average Bonchev–Trinajstić information content (AvgIpc) is 2.66. The molecule has 4 heteroatoms. The minimum absolute atomic E-state index is 0.253. The molecule has 0 fully saturated rings. The van der Waals surface area contributed by atoms with Crippen molar-refractivity contribution in [2.24, 2.45) is 0 Å². The Balaban J connectivity index is 2.57. The van der Waals surface area contributed by atoms with Gasteiger partial charge in [0.05, 0.1) is 11.3 Å². The smallest absolute Gasteiger partial charge is 0.177 e. The third-order valence-electron chi connectivity index (χ3n) is 1.79. The van der Waals surface area contributed by atoms with E-state index in [0.717, 1.165) is 6.07 Å². The van der Waals surface area contributed by atoms with E-state index in [9.17, 15) is 8.78 Å². The van der Waals surface area contributed by atoms with Gasteiger partial charge in [-0.1, -0.05) is 11.6 Å². The molecule has 0 aliphatic carbocycles. The van der Waals surface area contributed by atoms with E-state index in [1.54, 1.807) is 12.1 Å². The van der Waals surface area contributed by atoms with Gasteiger partial charge in [0.1, 0.15) is 5.76 Å². The zero-order valence-corrected chi connectivity index (χ0v) is 7.68. The van der Waals surface area contributed by atoms with Gasteiger partial charge in [-0.15, -0.1) is 0 Å². The molecule has 14 heavy (non-hydrogen) atoms. The van der Waals surface area contributed by atoms with Crippen LogP contribution in [0.15, 0.2) is 34.9 Å². The van der Waals surface area contributed by atoms with E-state index in [4.69, 9.17) is 16.0 Å². The molecule has 0 unspecified atom stereocenters. The second-order valence-electron chi connectivity index (χ2n) is 2.73. The summed E-state index contributed by atoms with van der Waals surface area (Å²) in [5, 5.41) is -0.253. The normalized spacial score (nSPS) is 10.5. The zero-order valence-electron chi connectivity index (χ0n) is 6.93. The van der Waals surface area contributed by atoms with Crippen molar-refractivity contribution in [3.05, 3.63) is 47.2 Å². The Labute approximate surface area is 83.9 Å². The van der Waals surface area contributed by atoms with Crippen molar-refractivity contribution < 1.29 is 13.2 Å². The first-order valence-electron chi connectivity index (χ1n) is 3.87. The zero-order chi connectivity index (χ0) is 10.1. The summed E-state index contributed by atoms with van der Waals surface area (Å²) in [7, 11) is 0. The van der Waals surface area contributed by atoms with Gasteiger partial charge >= 0.3 is 0 Å². The van der Waals surface area contributed by atoms with Gasteiger partial charge in [-0.25, -0.2) is 8.78 Å². The fraction of sp³-hybridized carbons (Fsp3) is 0. The maximum atomic E-state index is 12.9. The number of benzene rings is 1. The third kappa shape index (κ3) is 1.51. The lowest BCUT2D eigenvalue weighted by Gasteiger charge is -2.00. The van der Waals surface area contributed by atoms with Crippen LogP contribution in [0.2, 0.25) is 5.02 Å². The average molecular weight is 215 g/mol. The standard InChI is InChI=1S/C10H5ClF2O/c11-7-4-6(5-8(12)10(7)13)9-2-1-3-14-9/h1-5H. The highest BCUT2D eigenvalue weighted by atomic mass is 35.5. The molecule has 0 saturated carbocycles. The summed E-state index contributed by atoms with van der Waals surface area (Å²) in [6.45, 7) is 0. The summed E-state index contributed by atoms with van der Waals surface area (Å²) in [6.07, 6.45) is 1.45. The Hall–Kier alpha value is -1.35. The molecule has 0 aliphatic heterocycles. The lowest BCUT2D eigenvalue weighted by molar-refractivity contribution is 0.508. The predicted octanol–water partition coefficient (Wildman–Crippen LogP) is 3.88. The van der Waals surface area contributed by atoms with Crippen LogP contribution >= 0.6 is 11.6 Å². The molecule has 1 nitrogen and oxygen atoms in total. The molecule has 0 radical (unpaired) electrons. The Morgan fingerprint density at radius 3 is 2.57 bits per heavy atom. The van der Waals surface area contributed by atoms with Gasteiger partial charge in [-0.05, 0) is 24.3 Å². The van der Waals surface area contributed by atoms with E-state index in [2.05, 4.69) is 0 Å². The van der Waals surface area contributed by atoms with Gasteiger partial charge in [0.25, 0.3) is 0 Å². The number of hydrogen-bond donors (Lipinski definition) is 0. The molecule has 0 N–H and O–H groups in total. The fourth-order valence-corrected chi connectivity index (χ4v) is 1.35. The van der Waals surface area contributed by atoms with Crippen molar-refractivity contribution in [2.75, 3.05) is 0 Å². The summed E-state index contributed by atoms with van der Waals surface area (Å²) in [4.78, 5) is 0. The Bertz CT molecular complexity index is 428. The van der Waals surface area contributed by atoms with Crippen LogP contribution in [0.1, 0.15) is 0 Å². The first-order chi connectivity index (χ1) is 6.68. The molecule has 1 aromatic carbocycles. The van der Waals surface area contributed by atoms with Crippen LogP contribution in [0, 0.1) is 11.6 Å². The molecule has 0 amide bonds. The summed E-state index contributed by atoms with van der Waals surface area (Å²) in [5.41, 5.74) is 0.416. The molecule has 0 saturated heterocycles. The van der Waals surface area contributed by atoms with Crippen LogP contribution in [0.3, 0.4) is 0 Å². The Kier molecular flexibility index (Phi) is 2.25. The largest absolute Gasteiger partial charge is 0.464 e. The lowest BCUT2D eigenvalue weighted by atomic mass is 10.1. The number of rotatable bonds is 1. The summed E-state index contributed by atoms with van der Waals surface area (Å²) in [6, 6.07) is 5.66. The van der Waals surface area contributed by atoms with Crippen molar-refractivity contribution in [1.29, 1.82) is 0 Å². The first kappa shape index (κ1) is 9.21. The Morgan fingerprint density at radius 1 is 1.21 bits per heavy atom. The van der Waals surface area contributed by atoms with Crippen molar-refractivity contribution in [3.63, 3.8) is 0 Å². The molecule has 72 valence electrons. The Morgan fingerprint density at radius 2 is 2.00 bits per heavy atom. The molecule has 2 aromatic rings. The minimum Gasteiger partial charge on any atom is -0.464 e. The number of furan rings is 1. The fourth-order valence-electron chi connectivity index (χ4n) is 1.14. The highest BCUT2D eigenvalue weighted by Crippen LogP contribution is 2.27. The van der Waals surface area contributed by atoms with Gasteiger partial charge in [0, 0.05) is 5.56 Å². The second-order valence-corrected chi connectivity index (χ2v) is 3.14. The molecule has 0 aliphatic rings. The highest BCUT2D eigenvalue weighted by Gasteiger charge is 2.11. The molecular weight excluding hydrogens is 210 g/mol. The van der Waals surface area contributed by atoms with Gasteiger partial charge in [0.2, 0.25) is 0 Å². The number of hydrogen-bond acceptors (Lipinski definition) is 1. The first-order valence-corrected chi connectivity index (χ1v) is 4.24. The minimum atomic E-state index is -1.04. The van der Waals surface area contributed by atoms with Gasteiger partial charge in [0.15, 0.2) is 11.6 Å². The van der Waals surface area contributed by atoms with Crippen molar-refractivity contribution in [2.45, 2.75) is 0 Å². The van der Waals surface area contributed by atoms with Crippen LogP contribution in [0.4, 0.5) is 8.78 Å². The maximum Gasteiger partial charge on any atom is 0.177 e. The topological polar surface area (TPSA) is 13.1 Å². The second kappa shape index (κ2) is 3.42. The molecule has 0 atom stereocenters. The van der Waals surface area contributed by atoms with E-state index in [0.29, 0.717) is 11.3 Å².